The molecule has 0 aliphatic carbocycles. The number of rotatable bonds is 20. The normalized spacial score (nSPS) is 17.7. The molecule has 4 aliphatic heterocycles. The first-order valence-electron chi connectivity index (χ1n) is 42.1. The topological polar surface area (TPSA) is 366 Å². The van der Waals surface area contributed by atoms with Crippen molar-refractivity contribution >= 4 is 114 Å². The molecule has 0 bridgehead atoms. The Morgan fingerprint density at radius 3 is 0.986 bits per heavy atom. The van der Waals surface area contributed by atoms with E-state index in [0.29, 0.717) is 95.4 Å². The third-order valence-corrected chi connectivity index (χ3v) is 22.6. The standard InChI is InChI=1S/2C27H22F4N4O3.C14H15F3N2O3.C13H8FIN2.C11H13FN2O2.C3H4F2O2.CH5N/c2*1-27(30,31)26(37)33-21-13-24(36)34(25(21)15-3-9-20(29)23(12-15)38-2)19-8-10-22-16(11-19)14-32-35(22)18-6-4-17(28)5-7-18;1-14(16,17)13(21)18-9-6-11(20)19-12(9)7-3-4-8(15)10(5-7)22-2;14-10-1-4-12(5-2-10)17-13-6-3-11(15)7-9(13)8-16-17;1-16-9-4-6(2-3-7(9)12)11-8(13)5-10(15)14-11;1-3(4,5)2(6)7;1-2/h2*3-12,14,21,25H,13H2,1-2H3,(H,33,37);3-5,9,12H,6H2,1-2H3,(H,18,21)(H,19,20);1-8H;2-4,8,11H,5,13H2,1H3,(H,14,15);1H3,(H,6,7);2H2,1H3/t2*21-,25+;9-,12+;;8-,11+;;/m100.0../s1. The Labute approximate surface area is 801 Å². The number of nitrogens with one attached hydrogen (secondary N) is 5. The Balaban J connectivity index is 0.000000170. The largest absolute Gasteiger partial charge is 0.494 e. The van der Waals surface area contributed by atoms with Gasteiger partial charge in [0.2, 0.25) is 23.6 Å². The number of aromatic nitrogens is 6. The van der Waals surface area contributed by atoms with Crippen molar-refractivity contribution in [2.24, 2.45) is 11.5 Å². The van der Waals surface area contributed by atoms with Gasteiger partial charge in [0.25, 0.3) is 17.7 Å². The molecule has 13 aromatic rings. The highest BCUT2D eigenvalue weighted by Crippen LogP contribution is 2.44. The summed E-state index contributed by atoms with van der Waals surface area (Å²) in [6, 6.07) is 44.5. The Kier molecular flexibility index (Phi) is 33.8. The second-order valence-electron chi connectivity index (χ2n) is 32.0. The molecule has 7 heterocycles. The Morgan fingerprint density at radius 2 is 0.671 bits per heavy atom. The SMILES string of the molecule is CC(F)(F)C(=O)O.CN.COc1cc([C@@H]2[C@@H](NC(=O)C(C)(F)F)CC(=O)N2c2ccc3c(cnn3-c3ccc(F)cc3)c2)ccc1F.COc1cc([C@H]2NC(=O)C[C@@H]2N)ccc1F.COc1cc([C@H]2NC(=O)C[C@@H]2NC(=O)C(C)(F)F)ccc1F.COc1cc([C@H]2[C@H](NC(=O)C(C)(F)F)CC(=O)N2c2ccc3c(cnn3-c3ccc(F)cc3)c2)ccc1F.Fc1ccc(-n2ncc3cc(I)ccc32)cc1. The van der Waals surface area contributed by atoms with Crippen molar-refractivity contribution in [1.82, 2.24) is 55.9 Å². The number of alkyl halides is 8. The van der Waals surface area contributed by atoms with E-state index in [2.05, 4.69) is 76.3 Å². The molecule has 7 amide bonds. The number of hydrogen-bond donors (Lipinski definition) is 8. The van der Waals surface area contributed by atoms with Gasteiger partial charge in [-0.1, -0.05) is 24.3 Å². The fourth-order valence-electron chi connectivity index (χ4n) is 15.3. The molecule has 140 heavy (non-hydrogen) atoms. The van der Waals surface area contributed by atoms with Crippen molar-refractivity contribution in [1.29, 1.82) is 0 Å². The highest BCUT2D eigenvalue weighted by molar-refractivity contribution is 14.1. The van der Waals surface area contributed by atoms with Crippen LogP contribution in [0.4, 0.5) is 77.2 Å². The molecule has 0 unspecified atom stereocenters. The van der Waals surface area contributed by atoms with Gasteiger partial charge in [-0.05, 0) is 228 Å². The van der Waals surface area contributed by atoms with Gasteiger partial charge in [0, 0.05) is 90.5 Å². The smallest absolute Gasteiger partial charge is 0.374 e. The number of fused-ring (bicyclic) bond motifs is 3. The first kappa shape index (κ1) is 106. The summed E-state index contributed by atoms with van der Waals surface area (Å²) < 4.78 is 224. The maximum absolute atomic E-state index is 14.2. The van der Waals surface area contributed by atoms with Crippen molar-refractivity contribution in [3.63, 3.8) is 0 Å². The number of ether oxygens (including phenoxy) is 4. The van der Waals surface area contributed by atoms with Crippen molar-refractivity contribution < 1.29 is 128 Å². The number of nitrogens with zero attached hydrogens (tertiary/aromatic N) is 8. The van der Waals surface area contributed by atoms with Crippen LogP contribution in [0, 0.1) is 44.3 Å². The van der Waals surface area contributed by atoms with Crippen LogP contribution in [0.5, 0.6) is 23.0 Å². The molecule has 3 aromatic heterocycles. The maximum atomic E-state index is 14.2. The number of amides is 7. The third kappa shape index (κ3) is 25.4. The monoisotopic (exact) mass is 2070 g/mol. The number of carboxylic acids is 1. The number of nitrogens with two attached hydrogens (primary N) is 2. The fraction of sp³-hybridized carbons (Fsp3) is 0.260. The minimum absolute atomic E-state index is 0.0375. The van der Waals surface area contributed by atoms with E-state index in [1.807, 2.05) is 23.0 Å². The molecule has 17 rings (SSSR count). The van der Waals surface area contributed by atoms with Gasteiger partial charge >= 0.3 is 29.7 Å². The second kappa shape index (κ2) is 44.8. The Bertz CT molecular complexity index is 6470. The number of carboxylic acid groups (broad SMARTS) is 1. The van der Waals surface area contributed by atoms with Crippen molar-refractivity contribution in [2.75, 3.05) is 45.3 Å². The van der Waals surface area contributed by atoms with Gasteiger partial charge in [-0.3, -0.25) is 33.6 Å². The Hall–Kier alpha value is -14.8. The zero-order chi connectivity index (χ0) is 102. The van der Waals surface area contributed by atoms with E-state index in [-0.39, 0.29) is 77.7 Å². The number of halogens is 16. The lowest BCUT2D eigenvalue weighted by atomic mass is 9.98. The quantitative estimate of drug-likeness (QED) is 0.0259. The number of aliphatic carboxylic acids is 1. The highest BCUT2D eigenvalue weighted by Gasteiger charge is 2.48. The molecule has 0 saturated carbocycles. The number of carbonyl (C=O) groups is 8. The summed E-state index contributed by atoms with van der Waals surface area (Å²) in [4.78, 5) is 96.9. The number of methoxy groups -OCH3 is 4. The molecule has 10 N–H and O–H groups in total. The van der Waals surface area contributed by atoms with E-state index >= 15 is 0 Å². The van der Waals surface area contributed by atoms with Crippen LogP contribution in [-0.4, -0.2) is 165 Å². The molecule has 10 aromatic carbocycles. The minimum atomic E-state index is -3.66. The molecule has 4 saturated heterocycles. The summed E-state index contributed by atoms with van der Waals surface area (Å²) in [5, 5.41) is 35.0. The van der Waals surface area contributed by atoms with E-state index in [9.17, 15) is 104 Å². The summed E-state index contributed by atoms with van der Waals surface area (Å²) >= 11 is 2.27. The maximum Gasteiger partial charge on any atom is 0.374 e. The van der Waals surface area contributed by atoms with Gasteiger partial charge in [0.05, 0.1) is 123 Å². The molecule has 4 fully saturated rings. The van der Waals surface area contributed by atoms with Crippen LogP contribution < -0.4 is 66.8 Å². The molecule has 738 valence electrons. The molecule has 4 aliphatic rings. The lowest BCUT2D eigenvalue weighted by molar-refractivity contribution is -0.162. The lowest BCUT2D eigenvalue weighted by Gasteiger charge is -2.30. The average Bonchev–Trinajstić information content (AvgIpc) is 1.60. The van der Waals surface area contributed by atoms with Gasteiger partial charge in [0.15, 0.2) is 46.3 Å². The van der Waals surface area contributed by atoms with Crippen LogP contribution in [0.25, 0.3) is 49.8 Å². The van der Waals surface area contributed by atoms with E-state index < -0.39 is 125 Å². The summed E-state index contributed by atoms with van der Waals surface area (Å²) in [5.74, 6) is -25.7. The van der Waals surface area contributed by atoms with Gasteiger partial charge in [-0.15, -0.1) is 0 Å². The van der Waals surface area contributed by atoms with E-state index in [0.717, 1.165) is 40.4 Å². The van der Waals surface area contributed by atoms with Crippen LogP contribution in [0.3, 0.4) is 0 Å². The summed E-state index contributed by atoms with van der Waals surface area (Å²) in [5.41, 5.74) is 17.7. The van der Waals surface area contributed by atoms with Gasteiger partial charge in [-0.2, -0.15) is 50.4 Å². The molecule has 0 radical (unpaired) electrons. The zero-order valence-corrected chi connectivity index (χ0v) is 77.5. The number of hydrogen-bond acceptors (Lipinski definition) is 17. The molecule has 44 heteroatoms. The van der Waals surface area contributed by atoms with Crippen molar-refractivity contribution in [3.8, 4) is 40.1 Å². The van der Waals surface area contributed by atoms with Gasteiger partial charge in [-0.25, -0.2) is 49.6 Å². The van der Waals surface area contributed by atoms with E-state index in [4.69, 9.17) is 29.8 Å². The summed E-state index contributed by atoms with van der Waals surface area (Å²) in [6.45, 7) is 1.75. The second-order valence-corrected chi connectivity index (χ2v) is 33.2. The number of benzene rings is 10. The predicted octanol–water partition coefficient (Wildman–Crippen LogP) is 16.2. The molecule has 8 atom stereocenters. The van der Waals surface area contributed by atoms with Crippen molar-refractivity contribution in [2.45, 2.75) is 125 Å². The average molecular weight is 2070 g/mol. The first-order chi connectivity index (χ1) is 66.1. The van der Waals surface area contributed by atoms with Crippen molar-refractivity contribution in [3.05, 3.63) is 285 Å². The van der Waals surface area contributed by atoms with Crippen LogP contribution >= 0.6 is 22.6 Å². The summed E-state index contributed by atoms with van der Waals surface area (Å²) in [6.07, 6.45) is 4.64. The van der Waals surface area contributed by atoms with Crippen LogP contribution in [0.1, 0.15) is 99.8 Å². The van der Waals surface area contributed by atoms with Gasteiger partial charge in [0.1, 0.15) is 17.5 Å². The molecular weight excluding hydrogens is 1980 g/mol. The molecule has 0 spiro atoms. The zero-order valence-electron chi connectivity index (χ0n) is 75.4. The van der Waals surface area contributed by atoms with Crippen LogP contribution in [0.15, 0.2) is 219 Å². The van der Waals surface area contributed by atoms with Crippen LogP contribution in [0.2, 0.25) is 0 Å². The first-order valence-corrected chi connectivity index (χ1v) is 43.2. The van der Waals surface area contributed by atoms with Gasteiger partial charge < -0.3 is 71.9 Å². The van der Waals surface area contributed by atoms with E-state index in [1.165, 1.54) is 128 Å². The molecule has 28 nitrogen and oxygen atoms in total. The Morgan fingerprint density at radius 1 is 0.386 bits per heavy atom. The predicted molar refractivity (Wildman–Crippen MR) is 492 cm³/mol. The third-order valence-electron chi connectivity index (χ3n) is 22.0. The lowest BCUT2D eigenvalue weighted by Crippen LogP contribution is -2.46. The van der Waals surface area contributed by atoms with E-state index in [1.54, 1.807) is 107 Å². The number of carbonyl (C=O) groups excluding carboxylic acids is 7. The number of anilines is 2. The highest BCUT2D eigenvalue weighted by atomic mass is 127. The fourth-order valence-corrected chi connectivity index (χ4v) is 15.8. The molecular formula is C96H89F15IN15O13. The minimum Gasteiger partial charge on any atom is -0.494 e. The summed E-state index contributed by atoms with van der Waals surface area (Å²) in [7, 11) is 6.74. The van der Waals surface area contributed by atoms with Crippen LogP contribution in [-0.2, 0) is 38.4 Å².